The van der Waals surface area contributed by atoms with Gasteiger partial charge in [0.2, 0.25) is 0 Å². The quantitative estimate of drug-likeness (QED) is 0.910. The van der Waals surface area contributed by atoms with Crippen molar-refractivity contribution in [1.82, 2.24) is 0 Å². The third-order valence-corrected chi connectivity index (χ3v) is 3.20. The maximum Gasteiger partial charge on any atom is 0.262 e. The lowest BCUT2D eigenvalue weighted by atomic mass is 10.2. The second-order valence-electron chi connectivity index (χ2n) is 4.59. The van der Waals surface area contributed by atoms with E-state index >= 15 is 0 Å². The summed E-state index contributed by atoms with van der Waals surface area (Å²) in [5, 5.41) is 2.35. The van der Waals surface area contributed by atoms with Crippen molar-refractivity contribution >= 4 is 23.2 Å². The molecular formula is C16H15ClFNO3. The third kappa shape index (κ3) is 3.89. The topological polar surface area (TPSA) is 47.6 Å². The summed E-state index contributed by atoms with van der Waals surface area (Å²) in [6.07, 6.45) is 0. The number of rotatable bonds is 5. The fourth-order valence-corrected chi connectivity index (χ4v) is 2.00. The number of methoxy groups -OCH3 is 1. The van der Waals surface area contributed by atoms with Crippen LogP contribution in [0.15, 0.2) is 36.4 Å². The predicted octanol–water partition coefficient (Wildman–Crippen LogP) is 3.81. The Hall–Kier alpha value is -2.27. The van der Waals surface area contributed by atoms with E-state index in [1.54, 1.807) is 18.2 Å². The number of aryl methyl sites for hydroxylation is 1. The molecule has 0 aliphatic carbocycles. The highest BCUT2D eigenvalue weighted by Crippen LogP contribution is 2.28. The van der Waals surface area contributed by atoms with Crippen molar-refractivity contribution < 1.29 is 18.7 Å². The number of carbonyl (C=O) groups is 1. The highest BCUT2D eigenvalue weighted by atomic mass is 35.5. The summed E-state index contributed by atoms with van der Waals surface area (Å²) in [5.74, 6) is -0.203. The van der Waals surface area contributed by atoms with Crippen LogP contribution < -0.4 is 14.8 Å². The zero-order chi connectivity index (χ0) is 16.1. The van der Waals surface area contributed by atoms with E-state index in [4.69, 9.17) is 21.1 Å². The fourth-order valence-electron chi connectivity index (χ4n) is 1.82. The Kier molecular flexibility index (Phi) is 5.22. The maximum atomic E-state index is 13.7. The third-order valence-electron chi connectivity index (χ3n) is 2.90. The van der Waals surface area contributed by atoms with Gasteiger partial charge in [0.05, 0.1) is 17.8 Å². The van der Waals surface area contributed by atoms with Gasteiger partial charge >= 0.3 is 0 Å². The van der Waals surface area contributed by atoms with E-state index in [-0.39, 0.29) is 17.3 Å². The normalized spacial score (nSPS) is 10.2. The first-order valence-electron chi connectivity index (χ1n) is 6.52. The average Bonchev–Trinajstić information content (AvgIpc) is 2.50. The highest BCUT2D eigenvalue weighted by Gasteiger charge is 2.11. The maximum absolute atomic E-state index is 13.7. The first-order chi connectivity index (χ1) is 10.5. The Balaban J connectivity index is 2.00. The van der Waals surface area contributed by atoms with Gasteiger partial charge in [0.1, 0.15) is 0 Å². The van der Waals surface area contributed by atoms with E-state index in [1.165, 1.54) is 19.2 Å². The van der Waals surface area contributed by atoms with Crippen molar-refractivity contribution in [2.24, 2.45) is 0 Å². The summed E-state index contributed by atoms with van der Waals surface area (Å²) in [5.41, 5.74) is 1.02. The molecule has 2 aromatic rings. The van der Waals surface area contributed by atoms with Crippen LogP contribution >= 0.6 is 11.6 Å². The molecule has 0 radical (unpaired) electrons. The summed E-state index contributed by atoms with van der Waals surface area (Å²) in [6, 6.07) is 9.72. The second kappa shape index (κ2) is 7.13. The van der Waals surface area contributed by atoms with Crippen LogP contribution in [0.3, 0.4) is 0 Å². The lowest BCUT2D eigenvalue weighted by molar-refractivity contribution is -0.118. The summed E-state index contributed by atoms with van der Waals surface area (Å²) in [7, 11) is 1.52. The van der Waals surface area contributed by atoms with E-state index in [1.807, 2.05) is 13.0 Å². The average molecular weight is 324 g/mol. The first kappa shape index (κ1) is 16.1. The predicted molar refractivity (Wildman–Crippen MR) is 83.3 cm³/mol. The van der Waals surface area contributed by atoms with Gasteiger partial charge in [0.15, 0.2) is 23.9 Å². The SMILES string of the molecule is COc1cc(C)ccc1OCC(=O)Nc1cccc(Cl)c1F. The number of hydrogen-bond donors (Lipinski definition) is 1. The molecule has 0 bridgehead atoms. The van der Waals surface area contributed by atoms with Crippen LogP contribution in [0.5, 0.6) is 11.5 Å². The Bertz CT molecular complexity index is 691. The van der Waals surface area contributed by atoms with Gasteiger partial charge in [0.25, 0.3) is 5.91 Å². The van der Waals surface area contributed by atoms with Gasteiger partial charge in [-0.3, -0.25) is 4.79 Å². The minimum Gasteiger partial charge on any atom is -0.493 e. The number of carbonyl (C=O) groups excluding carboxylic acids is 1. The summed E-state index contributed by atoms with van der Waals surface area (Å²) >= 11 is 5.65. The zero-order valence-corrected chi connectivity index (χ0v) is 12.9. The summed E-state index contributed by atoms with van der Waals surface area (Å²) in [6.45, 7) is 1.65. The van der Waals surface area contributed by atoms with Crippen LogP contribution in [0.25, 0.3) is 0 Å². The number of amides is 1. The standard InChI is InChI=1S/C16H15ClFNO3/c1-10-6-7-13(14(8-10)21-2)22-9-15(20)19-12-5-3-4-11(17)16(12)18/h3-8H,9H2,1-2H3,(H,19,20). The van der Waals surface area contributed by atoms with Crippen molar-refractivity contribution in [2.45, 2.75) is 6.92 Å². The molecule has 0 atom stereocenters. The Labute approximate surface area is 132 Å². The number of ether oxygens (including phenoxy) is 2. The highest BCUT2D eigenvalue weighted by molar-refractivity contribution is 6.31. The van der Waals surface area contributed by atoms with E-state index in [0.717, 1.165) is 5.56 Å². The minimum absolute atomic E-state index is 0.0111. The van der Waals surface area contributed by atoms with E-state index in [2.05, 4.69) is 5.32 Å². The van der Waals surface area contributed by atoms with Crippen molar-refractivity contribution in [3.8, 4) is 11.5 Å². The molecule has 0 fully saturated rings. The van der Waals surface area contributed by atoms with Crippen molar-refractivity contribution in [3.05, 3.63) is 52.8 Å². The Morgan fingerprint density at radius 1 is 1.27 bits per heavy atom. The van der Waals surface area contributed by atoms with Crippen LogP contribution in [-0.4, -0.2) is 19.6 Å². The van der Waals surface area contributed by atoms with Crippen LogP contribution in [0.2, 0.25) is 5.02 Å². The van der Waals surface area contributed by atoms with Gasteiger partial charge < -0.3 is 14.8 Å². The second-order valence-corrected chi connectivity index (χ2v) is 5.00. The molecule has 22 heavy (non-hydrogen) atoms. The van der Waals surface area contributed by atoms with Gasteiger partial charge in [-0.05, 0) is 36.8 Å². The van der Waals surface area contributed by atoms with Gasteiger partial charge in [-0.25, -0.2) is 4.39 Å². The summed E-state index contributed by atoms with van der Waals surface area (Å²) < 4.78 is 24.3. The molecule has 116 valence electrons. The molecule has 2 rings (SSSR count). The smallest absolute Gasteiger partial charge is 0.262 e. The molecular weight excluding hydrogens is 309 g/mol. The zero-order valence-electron chi connectivity index (χ0n) is 12.2. The Morgan fingerprint density at radius 2 is 2.05 bits per heavy atom. The van der Waals surface area contributed by atoms with Crippen molar-refractivity contribution in [3.63, 3.8) is 0 Å². The molecule has 1 N–H and O–H groups in total. The Morgan fingerprint density at radius 3 is 2.77 bits per heavy atom. The number of halogens is 2. The molecule has 0 saturated heterocycles. The number of hydrogen-bond acceptors (Lipinski definition) is 3. The van der Waals surface area contributed by atoms with Crippen LogP contribution in [0, 0.1) is 12.7 Å². The van der Waals surface area contributed by atoms with Gasteiger partial charge in [0, 0.05) is 0 Å². The first-order valence-corrected chi connectivity index (χ1v) is 6.90. The van der Waals surface area contributed by atoms with E-state index in [0.29, 0.717) is 11.5 Å². The molecule has 0 unspecified atom stereocenters. The van der Waals surface area contributed by atoms with Crippen LogP contribution in [-0.2, 0) is 4.79 Å². The van der Waals surface area contributed by atoms with Gasteiger partial charge in [-0.15, -0.1) is 0 Å². The van der Waals surface area contributed by atoms with Gasteiger partial charge in [-0.2, -0.15) is 0 Å². The number of benzene rings is 2. The van der Waals surface area contributed by atoms with Crippen LogP contribution in [0.4, 0.5) is 10.1 Å². The fraction of sp³-hybridized carbons (Fsp3) is 0.188. The lowest BCUT2D eigenvalue weighted by Gasteiger charge is -2.12. The number of nitrogens with one attached hydrogen (secondary N) is 1. The van der Waals surface area contributed by atoms with Crippen molar-refractivity contribution in [2.75, 3.05) is 19.0 Å². The summed E-state index contributed by atoms with van der Waals surface area (Å²) in [4.78, 5) is 11.8. The molecule has 0 spiro atoms. The molecule has 2 aromatic carbocycles. The molecule has 4 nitrogen and oxygen atoms in total. The van der Waals surface area contributed by atoms with E-state index in [9.17, 15) is 9.18 Å². The monoisotopic (exact) mass is 323 g/mol. The van der Waals surface area contributed by atoms with E-state index < -0.39 is 11.7 Å². The molecule has 6 heteroatoms. The van der Waals surface area contributed by atoms with Crippen molar-refractivity contribution in [1.29, 1.82) is 0 Å². The molecule has 0 aliphatic rings. The molecule has 0 aliphatic heterocycles. The lowest BCUT2D eigenvalue weighted by Crippen LogP contribution is -2.21. The number of anilines is 1. The minimum atomic E-state index is -0.676. The van der Waals surface area contributed by atoms with Gasteiger partial charge in [-0.1, -0.05) is 23.7 Å². The molecule has 0 saturated carbocycles. The molecule has 0 heterocycles. The largest absolute Gasteiger partial charge is 0.493 e. The molecule has 0 aromatic heterocycles. The molecule has 1 amide bonds. The van der Waals surface area contributed by atoms with Crippen LogP contribution in [0.1, 0.15) is 5.56 Å².